The van der Waals surface area contributed by atoms with E-state index in [0.29, 0.717) is 12.0 Å². The summed E-state index contributed by atoms with van der Waals surface area (Å²) in [4.78, 5) is 13.7. The van der Waals surface area contributed by atoms with Crippen molar-refractivity contribution in [2.75, 3.05) is 26.7 Å². The van der Waals surface area contributed by atoms with Gasteiger partial charge >= 0.3 is 0 Å². The number of aliphatic hydroxyl groups excluding tert-OH is 1. The highest BCUT2D eigenvalue weighted by molar-refractivity contribution is 7.89. The summed E-state index contributed by atoms with van der Waals surface area (Å²) in [5.41, 5.74) is -0.710. The van der Waals surface area contributed by atoms with Crippen LogP contribution in [-0.2, 0) is 14.8 Å². The molecule has 3 atom stereocenters. The van der Waals surface area contributed by atoms with Crippen LogP contribution < -0.4 is 4.74 Å². The lowest BCUT2D eigenvalue weighted by atomic mass is 10.0. The van der Waals surface area contributed by atoms with Gasteiger partial charge in [-0.2, -0.15) is 4.31 Å². The number of likely N-dealkylation sites (N-methyl/N-ethyl adjacent to an activating group) is 1. The summed E-state index contributed by atoms with van der Waals surface area (Å²) in [7, 11) is -2.26. The summed E-state index contributed by atoms with van der Waals surface area (Å²) in [6, 6.07) is 3.91. The average molecular weight is 467 g/mol. The summed E-state index contributed by atoms with van der Waals surface area (Å²) in [6.07, 6.45) is -0.122. The Bertz CT molecular complexity index is 990. The molecule has 9 heteroatoms. The van der Waals surface area contributed by atoms with Crippen molar-refractivity contribution in [3.05, 3.63) is 23.8 Å². The van der Waals surface area contributed by atoms with Crippen molar-refractivity contribution in [2.45, 2.75) is 63.7 Å². The predicted molar refractivity (Wildman–Crippen MR) is 122 cm³/mol. The molecular formula is C23H34N2O6S. The maximum Gasteiger partial charge on any atom is 0.247 e. The Morgan fingerprint density at radius 2 is 2.06 bits per heavy atom. The van der Waals surface area contributed by atoms with Gasteiger partial charge in [0.25, 0.3) is 0 Å². The monoisotopic (exact) mass is 466 g/mol. The standard InChI is InChI=1S/C23H34N2O6S/c1-7-22(27)24(6)14-20-16(2)13-25(17(3)15-26)32(29,30)21-9-8-18(12-19(21)31-20)10-11-23(4,5)28/h8-9,12,16-17,20,26,28H,7,13-15H2,1-6H3/t16-,17+,20+/m1/s1. The highest BCUT2D eigenvalue weighted by Gasteiger charge is 2.38. The molecule has 8 nitrogen and oxygen atoms in total. The second kappa shape index (κ2) is 10.2. The van der Waals surface area contributed by atoms with Gasteiger partial charge < -0.3 is 19.8 Å². The molecule has 1 amide bonds. The summed E-state index contributed by atoms with van der Waals surface area (Å²) in [6.45, 7) is 8.51. The molecule has 32 heavy (non-hydrogen) atoms. The van der Waals surface area contributed by atoms with E-state index in [0.717, 1.165) is 0 Å². The third-order valence-corrected chi connectivity index (χ3v) is 7.38. The Morgan fingerprint density at radius 3 is 2.62 bits per heavy atom. The van der Waals surface area contributed by atoms with E-state index in [1.165, 1.54) is 10.4 Å². The molecule has 1 aliphatic heterocycles. The number of carbonyl (C=O) groups is 1. The first kappa shape index (κ1) is 26.1. The van der Waals surface area contributed by atoms with E-state index in [1.807, 2.05) is 6.92 Å². The maximum absolute atomic E-state index is 13.4. The second-order valence-electron chi connectivity index (χ2n) is 8.84. The van der Waals surface area contributed by atoms with Gasteiger partial charge in [-0.3, -0.25) is 4.79 Å². The molecule has 1 aromatic rings. The Kier molecular flexibility index (Phi) is 8.34. The van der Waals surface area contributed by atoms with Crippen molar-refractivity contribution in [3.63, 3.8) is 0 Å². The summed E-state index contributed by atoms with van der Waals surface area (Å²) >= 11 is 0. The zero-order chi connectivity index (χ0) is 24.3. The first-order valence-corrected chi connectivity index (χ1v) is 12.2. The van der Waals surface area contributed by atoms with E-state index in [1.54, 1.807) is 51.8 Å². The van der Waals surface area contributed by atoms with Crippen molar-refractivity contribution in [3.8, 4) is 17.6 Å². The average Bonchev–Trinajstić information content (AvgIpc) is 2.72. The number of nitrogens with zero attached hydrogens (tertiary/aromatic N) is 2. The van der Waals surface area contributed by atoms with Crippen LogP contribution in [0.25, 0.3) is 0 Å². The van der Waals surface area contributed by atoms with Crippen LogP contribution in [0.4, 0.5) is 0 Å². The van der Waals surface area contributed by atoms with Gasteiger partial charge in [0.1, 0.15) is 22.4 Å². The number of rotatable bonds is 5. The van der Waals surface area contributed by atoms with Crippen LogP contribution in [0.1, 0.15) is 46.6 Å². The Labute approximate surface area is 191 Å². The van der Waals surface area contributed by atoms with Crippen molar-refractivity contribution in [2.24, 2.45) is 5.92 Å². The molecule has 178 valence electrons. The number of hydrogen-bond acceptors (Lipinski definition) is 6. The first-order valence-electron chi connectivity index (χ1n) is 10.7. The quantitative estimate of drug-likeness (QED) is 0.636. The van der Waals surface area contributed by atoms with Crippen molar-refractivity contribution < 1.29 is 28.2 Å². The SMILES string of the molecule is CCC(=O)N(C)C[C@@H]1Oc2cc(C#CC(C)(C)O)ccc2S(=O)(=O)N([C@@H](C)CO)C[C@H]1C. The van der Waals surface area contributed by atoms with E-state index in [2.05, 4.69) is 11.8 Å². The number of carbonyl (C=O) groups excluding carboxylic acids is 1. The maximum atomic E-state index is 13.4. The molecule has 0 saturated carbocycles. The van der Waals surface area contributed by atoms with Gasteiger partial charge in [0, 0.05) is 37.5 Å². The van der Waals surface area contributed by atoms with E-state index < -0.39 is 27.8 Å². The number of fused-ring (bicyclic) bond motifs is 1. The minimum atomic E-state index is -3.95. The third kappa shape index (κ3) is 6.23. The lowest BCUT2D eigenvalue weighted by Gasteiger charge is -2.37. The van der Waals surface area contributed by atoms with E-state index in [9.17, 15) is 23.4 Å². The number of aliphatic hydroxyl groups is 2. The molecule has 0 spiro atoms. The van der Waals surface area contributed by atoms with Gasteiger partial charge in [-0.15, -0.1) is 0 Å². The normalized spacial score (nSPS) is 21.8. The summed E-state index contributed by atoms with van der Waals surface area (Å²) in [5, 5.41) is 19.6. The molecule has 0 saturated heterocycles. The summed E-state index contributed by atoms with van der Waals surface area (Å²) in [5.74, 6) is 5.39. The minimum absolute atomic E-state index is 0.0204. The zero-order valence-electron chi connectivity index (χ0n) is 19.6. The molecular weight excluding hydrogens is 432 g/mol. The van der Waals surface area contributed by atoms with Gasteiger partial charge in [-0.1, -0.05) is 25.7 Å². The predicted octanol–water partition coefficient (Wildman–Crippen LogP) is 1.45. The van der Waals surface area contributed by atoms with Crippen LogP contribution in [0.5, 0.6) is 5.75 Å². The van der Waals surface area contributed by atoms with Gasteiger partial charge in [-0.05, 0) is 39.0 Å². The van der Waals surface area contributed by atoms with Crippen LogP contribution in [0.15, 0.2) is 23.1 Å². The van der Waals surface area contributed by atoms with E-state index >= 15 is 0 Å². The zero-order valence-corrected chi connectivity index (χ0v) is 20.4. The molecule has 2 rings (SSSR count). The number of amides is 1. The molecule has 0 bridgehead atoms. The van der Waals surface area contributed by atoms with Crippen LogP contribution >= 0.6 is 0 Å². The van der Waals surface area contributed by atoms with E-state index in [-0.39, 0.29) is 42.2 Å². The summed E-state index contributed by atoms with van der Waals surface area (Å²) < 4.78 is 34.3. The molecule has 2 N–H and O–H groups in total. The molecule has 0 aliphatic carbocycles. The van der Waals surface area contributed by atoms with Crippen LogP contribution in [0.3, 0.4) is 0 Å². The van der Waals surface area contributed by atoms with Gasteiger partial charge in [0.2, 0.25) is 15.9 Å². The molecule has 1 heterocycles. The Hall–Kier alpha value is -2.12. The lowest BCUT2D eigenvalue weighted by molar-refractivity contribution is -0.131. The van der Waals surface area contributed by atoms with Crippen LogP contribution in [0.2, 0.25) is 0 Å². The fourth-order valence-corrected chi connectivity index (χ4v) is 5.21. The van der Waals surface area contributed by atoms with Gasteiger partial charge in [0.15, 0.2) is 0 Å². The Balaban J connectivity index is 2.60. The van der Waals surface area contributed by atoms with Crippen molar-refractivity contribution in [1.82, 2.24) is 9.21 Å². The highest BCUT2D eigenvalue weighted by Crippen LogP contribution is 2.34. The number of ether oxygens (including phenoxy) is 1. The van der Waals surface area contributed by atoms with Gasteiger partial charge in [0.05, 0.1) is 13.2 Å². The van der Waals surface area contributed by atoms with Crippen LogP contribution in [0, 0.1) is 17.8 Å². The lowest BCUT2D eigenvalue weighted by Crippen LogP contribution is -2.50. The third-order valence-electron chi connectivity index (χ3n) is 5.36. The molecule has 0 radical (unpaired) electrons. The number of hydrogen-bond donors (Lipinski definition) is 2. The number of benzene rings is 1. The van der Waals surface area contributed by atoms with Crippen LogP contribution in [-0.4, -0.2) is 78.2 Å². The largest absolute Gasteiger partial charge is 0.487 e. The minimum Gasteiger partial charge on any atom is -0.487 e. The van der Waals surface area contributed by atoms with E-state index in [4.69, 9.17) is 4.74 Å². The Morgan fingerprint density at radius 1 is 1.41 bits per heavy atom. The number of sulfonamides is 1. The second-order valence-corrected chi connectivity index (χ2v) is 10.7. The fourth-order valence-electron chi connectivity index (χ4n) is 3.39. The fraction of sp³-hybridized carbons (Fsp3) is 0.609. The van der Waals surface area contributed by atoms with Crippen molar-refractivity contribution >= 4 is 15.9 Å². The van der Waals surface area contributed by atoms with Gasteiger partial charge in [-0.25, -0.2) is 8.42 Å². The topological polar surface area (TPSA) is 107 Å². The molecule has 0 aromatic heterocycles. The first-order chi connectivity index (χ1) is 14.8. The van der Waals surface area contributed by atoms with Crippen molar-refractivity contribution in [1.29, 1.82) is 0 Å². The molecule has 1 aliphatic rings. The smallest absolute Gasteiger partial charge is 0.247 e. The molecule has 0 unspecified atom stereocenters. The highest BCUT2D eigenvalue weighted by atomic mass is 32.2. The molecule has 0 fully saturated rings. The molecule has 1 aromatic carbocycles.